The number of aryl methyl sites for hydroxylation is 1. The Morgan fingerprint density at radius 3 is 2.90 bits per heavy atom. The lowest BCUT2D eigenvalue weighted by atomic mass is 9.92. The Morgan fingerprint density at radius 2 is 2.00 bits per heavy atom. The Labute approximate surface area is 182 Å². The average molecular weight is 418 g/mol. The predicted molar refractivity (Wildman–Crippen MR) is 116 cm³/mol. The van der Waals surface area contributed by atoms with Crippen LogP contribution in [0.25, 0.3) is 11.4 Å². The van der Waals surface area contributed by atoms with Gasteiger partial charge in [0.15, 0.2) is 6.10 Å². The maximum absolute atomic E-state index is 13.3. The summed E-state index contributed by atoms with van der Waals surface area (Å²) in [6, 6.07) is 16.2. The van der Waals surface area contributed by atoms with Gasteiger partial charge in [-0.3, -0.25) is 4.79 Å². The van der Waals surface area contributed by atoms with Crippen molar-refractivity contribution in [1.82, 2.24) is 15.0 Å². The second-order valence-electron chi connectivity index (χ2n) is 8.52. The Balaban J connectivity index is 1.26. The second kappa shape index (κ2) is 8.63. The molecule has 0 bridgehead atoms. The number of likely N-dealkylation sites (tertiary alicyclic amines) is 1. The van der Waals surface area contributed by atoms with Gasteiger partial charge in [0.05, 0.1) is 6.61 Å². The number of carbonyl (C=O) groups excluding carboxylic acids is 1. The molecule has 0 N–H and O–H groups in total. The molecule has 0 spiro atoms. The molecule has 6 heteroatoms. The Kier molecular flexibility index (Phi) is 5.55. The molecule has 2 aliphatic rings. The van der Waals surface area contributed by atoms with Crippen molar-refractivity contribution in [2.24, 2.45) is 5.92 Å². The number of amides is 1. The number of benzene rings is 2. The van der Waals surface area contributed by atoms with Crippen LogP contribution in [-0.4, -0.2) is 40.6 Å². The van der Waals surface area contributed by atoms with Gasteiger partial charge < -0.3 is 14.2 Å². The van der Waals surface area contributed by atoms with Crippen LogP contribution in [0.4, 0.5) is 0 Å². The van der Waals surface area contributed by atoms with Crippen LogP contribution < -0.4 is 0 Å². The van der Waals surface area contributed by atoms with Gasteiger partial charge in [-0.25, -0.2) is 0 Å². The average Bonchev–Trinajstić information content (AvgIpc) is 3.27. The summed E-state index contributed by atoms with van der Waals surface area (Å²) in [4.78, 5) is 19.9. The van der Waals surface area contributed by atoms with Gasteiger partial charge in [-0.05, 0) is 48.8 Å². The molecule has 2 aliphatic heterocycles. The van der Waals surface area contributed by atoms with E-state index in [1.165, 1.54) is 5.56 Å². The standard InChI is InChI=1S/C25H27N3O3/c1-17-7-2-4-10-20(17)24-26-22(31-27-24)15-18-8-6-13-28(16-18)25(29)23-21-11-5-3-9-19(21)12-14-30-23/h2-5,7,9-11,18,23H,6,8,12-16H2,1H3. The van der Waals surface area contributed by atoms with Crippen molar-refractivity contribution in [3.63, 3.8) is 0 Å². The number of fused-ring (bicyclic) bond motifs is 1. The fourth-order valence-electron chi connectivity index (χ4n) is 4.71. The van der Waals surface area contributed by atoms with Gasteiger partial charge in [-0.15, -0.1) is 0 Å². The Bertz CT molecular complexity index is 1080. The van der Waals surface area contributed by atoms with Crippen molar-refractivity contribution in [1.29, 1.82) is 0 Å². The quantitative estimate of drug-likeness (QED) is 0.638. The molecule has 1 aromatic heterocycles. The molecule has 6 nitrogen and oxygen atoms in total. The SMILES string of the molecule is Cc1ccccc1-c1noc(CC2CCCN(C(=O)C3OCCc4ccccc43)C2)n1. The molecule has 3 aromatic rings. The molecule has 1 saturated heterocycles. The molecule has 0 saturated carbocycles. The minimum atomic E-state index is -0.486. The van der Waals surface area contributed by atoms with Crippen molar-refractivity contribution in [3.8, 4) is 11.4 Å². The molecule has 5 rings (SSSR count). The highest BCUT2D eigenvalue weighted by molar-refractivity contribution is 5.83. The highest BCUT2D eigenvalue weighted by atomic mass is 16.5. The van der Waals surface area contributed by atoms with E-state index in [9.17, 15) is 4.79 Å². The van der Waals surface area contributed by atoms with Gasteiger partial charge in [0, 0.05) is 25.1 Å². The van der Waals surface area contributed by atoms with E-state index in [4.69, 9.17) is 9.26 Å². The van der Waals surface area contributed by atoms with E-state index in [2.05, 4.69) is 16.2 Å². The van der Waals surface area contributed by atoms with E-state index >= 15 is 0 Å². The van der Waals surface area contributed by atoms with Crippen molar-refractivity contribution in [2.75, 3.05) is 19.7 Å². The van der Waals surface area contributed by atoms with Crippen molar-refractivity contribution in [2.45, 2.75) is 38.7 Å². The van der Waals surface area contributed by atoms with Crippen LogP contribution in [0.5, 0.6) is 0 Å². The van der Waals surface area contributed by atoms with Crippen molar-refractivity contribution >= 4 is 5.91 Å². The number of rotatable bonds is 4. The molecule has 2 aromatic carbocycles. The fraction of sp³-hybridized carbons (Fsp3) is 0.400. The first kappa shape index (κ1) is 19.9. The summed E-state index contributed by atoms with van der Waals surface area (Å²) >= 11 is 0. The third-order valence-electron chi connectivity index (χ3n) is 6.37. The summed E-state index contributed by atoms with van der Waals surface area (Å²) in [6.45, 7) is 4.11. The number of ether oxygens (including phenoxy) is 1. The summed E-state index contributed by atoms with van der Waals surface area (Å²) < 4.78 is 11.5. The van der Waals surface area contributed by atoms with Gasteiger partial charge in [0.2, 0.25) is 11.7 Å². The smallest absolute Gasteiger partial charge is 0.256 e. The largest absolute Gasteiger partial charge is 0.363 e. The van der Waals surface area contributed by atoms with E-state index in [0.29, 0.717) is 37.2 Å². The highest BCUT2D eigenvalue weighted by Crippen LogP contribution is 2.31. The maximum atomic E-state index is 13.3. The van der Waals surface area contributed by atoms with Crippen LogP contribution in [-0.2, 0) is 22.4 Å². The lowest BCUT2D eigenvalue weighted by Crippen LogP contribution is -2.44. The number of hydrogen-bond donors (Lipinski definition) is 0. The number of piperidine rings is 1. The highest BCUT2D eigenvalue weighted by Gasteiger charge is 2.33. The van der Waals surface area contributed by atoms with E-state index in [1.807, 2.05) is 54.3 Å². The van der Waals surface area contributed by atoms with Crippen LogP contribution in [0.15, 0.2) is 53.1 Å². The Morgan fingerprint density at radius 1 is 1.16 bits per heavy atom. The molecule has 3 heterocycles. The van der Waals surface area contributed by atoms with Gasteiger partial charge in [-0.1, -0.05) is 53.7 Å². The molecule has 160 valence electrons. The molecule has 2 atom stereocenters. The summed E-state index contributed by atoms with van der Waals surface area (Å²) in [6.07, 6.45) is 3.09. The minimum absolute atomic E-state index is 0.0722. The topological polar surface area (TPSA) is 68.5 Å². The first-order valence-electron chi connectivity index (χ1n) is 11.1. The molecular weight excluding hydrogens is 390 g/mol. The van der Waals surface area contributed by atoms with Gasteiger partial charge in [0.25, 0.3) is 5.91 Å². The summed E-state index contributed by atoms with van der Waals surface area (Å²) in [5.41, 5.74) is 4.35. The molecular formula is C25H27N3O3. The van der Waals surface area contributed by atoms with Crippen LogP contribution in [0, 0.1) is 12.8 Å². The summed E-state index contributed by atoms with van der Waals surface area (Å²) in [7, 11) is 0. The monoisotopic (exact) mass is 417 g/mol. The van der Waals surface area contributed by atoms with Gasteiger partial charge in [0.1, 0.15) is 0 Å². The second-order valence-corrected chi connectivity index (χ2v) is 8.52. The van der Waals surface area contributed by atoms with E-state index in [1.54, 1.807) is 0 Å². The van der Waals surface area contributed by atoms with Crippen LogP contribution in [0.2, 0.25) is 0 Å². The Hall–Kier alpha value is -2.99. The third-order valence-corrected chi connectivity index (χ3v) is 6.37. The minimum Gasteiger partial charge on any atom is -0.363 e. The van der Waals surface area contributed by atoms with Gasteiger partial charge in [-0.2, -0.15) is 4.98 Å². The predicted octanol–water partition coefficient (Wildman–Crippen LogP) is 4.14. The number of nitrogens with zero attached hydrogens (tertiary/aromatic N) is 3. The molecule has 0 aliphatic carbocycles. The lowest BCUT2D eigenvalue weighted by Gasteiger charge is -2.36. The zero-order valence-electron chi connectivity index (χ0n) is 17.8. The van der Waals surface area contributed by atoms with E-state index in [0.717, 1.165) is 42.5 Å². The van der Waals surface area contributed by atoms with Crippen molar-refractivity contribution < 1.29 is 14.1 Å². The first-order chi connectivity index (χ1) is 15.2. The van der Waals surface area contributed by atoms with Crippen LogP contribution in [0.3, 0.4) is 0 Å². The van der Waals surface area contributed by atoms with Crippen LogP contribution >= 0.6 is 0 Å². The number of carbonyl (C=O) groups is 1. The lowest BCUT2D eigenvalue weighted by molar-refractivity contribution is -0.147. The number of hydrogen-bond acceptors (Lipinski definition) is 5. The molecule has 2 unspecified atom stereocenters. The zero-order chi connectivity index (χ0) is 21.2. The number of aromatic nitrogens is 2. The maximum Gasteiger partial charge on any atom is 0.256 e. The molecule has 31 heavy (non-hydrogen) atoms. The molecule has 1 fully saturated rings. The molecule has 1 amide bonds. The third kappa shape index (κ3) is 4.12. The van der Waals surface area contributed by atoms with Crippen LogP contribution in [0.1, 0.15) is 41.5 Å². The van der Waals surface area contributed by atoms with Gasteiger partial charge >= 0.3 is 0 Å². The fourth-order valence-corrected chi connectivity index (χ4v) is 4.71. The summed E-state index contributed by atoms with van der Waals surface area (Å²) in [5.74, 6) is 1.64. The van der Waals surface area contributed by atoms with E-state index < -0.39 is 6.10 Å². The zero-order valence-corrected chi connectivity index (χ0v) is 17.8. The van der Waals surface area contributed by atoms with Crippen molar-refractivity contribution in [3.05, 3.63) is 71.1 Å². The normalized spacial score (nSPS) is 21.0. The van der Waals surface area contributed by atoms with E-state index in [-0.39, 0.29) is 5.91 Å². The molecule has 0 radical (unpaired) electrons. The summed E-state index contributed by atoms with van der Waals surface area (Å²) in [5, 5.41) is 4.18. The first-order valence-corrected chi connectivity index (χ1v) is 11.1.